The summed E-state index contributed by atoms with van der Waals surface area (Å²) >= 11 is 0. The molecule has 2 aromatic rings. The second kappa shape index (κ2) is 4.83. The highest BCUT2D eigenvalue weighted by atomic mass is 16.4. The van der Waals surface area contributed by atoms with Crippen molar-refractivity contribution >= 4 is 23.1 Å². The number of carboxylic acids is 1. The van der Waals surface area contributed by atoms with Gasteiger partial charge in [0, 0.05) is 27.7 Å². The lowest BCUT2D eigenvalue weighted by atomic mass is 10.4. The Bertz CT molecular complexity index is 784. The molecule has 0 saturated carbocycles. The number of aromatic amines is 1. The molecule has 0 atom stereocenters. The number of anilines is 1. The van der Waals surface area contributed by atoms with Crippen LogP contribution in [0.4, 0.5) is 5.95 Å². The van der Waals surface area contributed by atoms with E-state index in [1.807, 2.05) is 0 Å². The van der Waals surface area contributed by atoms with Gasteiger partial charge in [0.2, 0.25) is 5.95 Å². The summed E-state index contributed by atoms with van der Waals surface area (Å²) in [6.07, 6.45) is -0.0511. The smallest absolute Gasteiger partial charge is 0.332 e. The SMILES string of the molecule is CN(CCC(=O)O)c1nc2c([nH]1)c(=O)n(C)c(=O)n2C. The summed E-state index contributed by atoms with van der Waals surface area (Å²) in [6, 6.07) is 0. The van der Waals surface area contributed by atoms with Crippen molar-refractivity contribution in [3.8, 4) is 0 Å². The van der Waals surface area contributed by atoms with Gasteiger partial charge in [0.05, 0.1) is 6.42 Å². The van der Waals surface area contributed by atoms with E-state index in [0.29, 0.717) is 5.95 Å². The number of H-pyrrole nitrogens is 1. The summed E-state index contributed by atoms with van der Waals surface area (Å²) in [5, 5.41) is 8.65. The molecule has 0 aliphatic carbocycles. The van der Waals surface area contributed by atoms with Crippen LogP contribution in [0.2, 0.25) is 0 Å². The molecular weight excluding hydrogens is 266 g/mol. The highest BCUT2D eigenvalue weighted by Crippen LogP contribution is 2.12. The number of rotatable bonds is 4. The Morgan fingerprint density at radius 1 is 1.35 bits per heavy atom. The zero-order valence-corrected chi connectivity index (χ0v) is 11.4. The molecule has 0 aliphatic rings. The molecule has 20 heavy (non-hydrogen) atoms. The lowest BCUT2D eigenvalue weighted by Gasteiger charge is -2.13. The monoisotopic (exact) mass is 281 g/mol. The quantitative estimate of drug-likeness (QED) is 0.733. The lowest BCUT2D eigenvalue weighted by molar-refractivity contribution is -0.136. The maximum Gasteiger partial charge on any atom is 0.332 e. The average Bonchev–Trinajstić information content (AvgIpc) is 2.85. The van der Waals surface area contributed by atoms with Crippen molar-refractivity contribution in [3.05, 3.63) is 20.8 Å². The van der Waals surface area contributed by atoms with E-state index in [0.717, 1.165) is 4.57 Å². The third-order valence-electron chi connectivity index (χ3n) is 3.10. The van der Waals surface area contributed by atoms with Gasteiger partial charge in [-0.25, -0.2) is 4.79 Å². The van der Waals surface area contributed by atoms with E-state index in [2.05, 4.69) is 9.97 Å². The Hall–Kier alpha value is -2.58. The number of carboxylic acid groups (broad SMARTS) is 1. The van der Waals surface area contributed by atoms with E-state index in [1.165, 1.54) is 18.7 Å². The third kappa shape index (κ3) is 2.17. The van der Waals surface area contributed by atoms with Gasteiger partial charge >= 0.3 is 11.7 Å². The van der Waals surface area contributed by atoms with E-state index >= 15 is 0 Å². The summed E-state index contributed by atoms with van der Waals surface area (Å²) in [4.78, 5) is 42.9. The predicted molar refractivity (Wildman–Crippen MR) is 72.1 cm³/mol. The third-order valence-corrected chi connectivity index (χ3v) is 3.10. The Kier molecular flexibility index (Phi) is 3.35. The molecule has 0 unspecified atom stereocenters. The number of hydrogen-bond donors (Lipinski definition) is 2. The topological polar surface area (TPSA) is 113 Å². The maximum atomic E-state index is 12.0. The Morgan fingerprint density at radius 3 is 2.60 bits per heavy atom. The van der Waals surface area contributed by atoms with Crippen molar-refractivity contribution in [1.82, 2.24) is 19.1 Å². The second-order valence-corrected chi connectivity index (χ2v) is 4.53. The van der Waals surface area contributed by atoms with Crippen LogP contribution in [-0.4, -0.2) is 43.8 Å². The molecule has 0 aromatic carbocycles. The van der Waals surface area contributed by atoms with Crippen LogP contribution in [0, 0.1) is 0 Å². The average molecular weight is 281 g/mol. The first-order valence-corrected chi connectivity index (χ1v) is 5.91. The number of nitrogens with zero attached hydrogens (tertiary/aromatic N) is 4. The summed E-state index contributed by atoms with van der Waals surface area (Å²) in [5.74, 6) is -0.573. The number of carbonyl (C=O) groups is 1. The van der Waals surface area contributed by atoms with Crippen LogP contribution in [0.15, 0.2) is 9.59 Å². The van der Waals surface area contributed by atoms with Crippen LogP contribution >= 0.6 is 0 Å². The molecule has 2 aromatic heterocycles. The number of nitrogens with one attached hydrogen (secondary N) is 1. The Morgan fingerprint density at radius 2 is 2.00 bits per heavy atom. The van der Waals surface area contributed by atoms with Crippen LogP contribution in [0.3, 0.4) is 0 Å². The Labute approximate surface area is 113 Å². The molecule has 0 saturated heterocycles. The summed E-state index contributed by atoms with van der Waals surface area (Å²) < 4.78 is 2.25. The van der Waals surface area contributed by atoms with E-state index in [-0.39, 0.29) is 24.1 Å². The minimum atomic E-state index is -0.920. The van der Waals surface area contributed by atoms with Crippen molar-refractivity contribution in [2.45, 2.75) is 6.42 Å². The standard InChI is InChI=1S/C11H15N5O4/c1-14(5-4-6(17)18)10-12-7-8(13-10)15(2)11(20)16(3)9(7)19/h4-5H2,1-3H3,(H,12,13)(H,17,18). The zero-order chi connectivity index (χ0) is 15.0. The first-order chi connectivity index (χ1) is 9.32. The van der Waals surface area contributed by atoms with Crippen LogP contribution < -0.4 is 16.1 Å². The van der Waals surface area contributed by atoms with Crippen LogP contribution in [-0.2, 0) is 18.9 Å². The minimum absolute atomic E-state index is 0.0511. The highest BCUT2D eigenvalue weighted by molar-refractivity contribution is 5.73. The van der Waals surface area contributed by atoms with Crippen LogP contribution in [0.1, 0.15) is 6.42 Å². The van der Waals surface area contributed by atoms with Crippen molar-refractivity contribution in [3.63, 3.8) is 0 Å². The van der Waals surface area contributed by atoms with Gasteiger partial charge in [-0.05, 0) is 0 Å². The fraction of sp³-hybridized carbons (Fsp3) is 0.455. The maximum absolute atomic E-state index is 12.0. The van der Waals surface area contributed by atoms with Gasteiger partial charge in [-0.1, -0.05) is 0 Å². The number of imidazole rings is 1. The van der Waals surface area contributed by atoms with Crippen molar-refractivity contribution < 1.29 is 9.90 Å². The molecule has 9 nitrogen and oxygen atoms in total. The molecule has 0 bridgehead atoms. The van der Waals surface area contributed by atoms with E-state index < -0.39 is 17.2 Å². The second-order valence-electron chi connectivity index (χ2n) is 4.53. The zero-order valence-electron chi connectivity index (χ0n) is 11.4. The molecule has 2 heterocycles. The van der Waals surface area contributed by atoms with Gasteiger partial charge in [0.15, 0.2) is 11.2 Å². The normalized spacial score (nSPS) is 10.9. The molecule has 2 N–H and O–H groups in total. The molecule has 108 valence electrons. The van der Waals surface area contributed by atoms with Gasteiger partial charge in [-0.2, -0.15) is 4.98 Å². The summed E-state index contributed by atoms with van der Waals surface area (Å²) in [5.41, 5.74) is -0.468. The van der Waals surface area contributed by atoms with Crippen LogP contribution in [0.25, 0.3) is 11.2 Å². The van der Waals surface area contributed by atoms with Crippen LogP contribution in [0.5, 0.6) is 0 Å². The number of aliphatic carboxylic acids is 1. The number of aromatic nitrogens is 4. The van der Waals surface area contributed by atoms with Gasteiger partial charge in [-0.15, -0.1) is 0 Å². The number of aryl methyl sites for hydroxylation is 1. The van der Waals surface area contributed by atoms with Gasteiger partial charge in [0.1, 0.15) is 0 Å². The first kappa shape index (κ1) is 13.8. The molecular formula is C11H15N5O4. The number of hydrogen-bond acceptors (Lipinski definition) is 5. The van der Waals surface area contributed by atoms with Gasteiger partial charge in [-0.3, -0.25) is 18.7 Å². The van der Waals surface area contributed by atoms with Crippen molar-refractivity contribution in [2.24, 2.45) is 14.1 Å². The van der Waals surface area contributed by atoms with E-state index in [4.69, 9.17) is 5.11 Å². The minimum Gasteiger partial charge on any atom is -0.481 e. The van der Waals surface area contributed by atoms with Gasteiger partial charge in [0.25, 0.3) is 5.56 Å². The summed E-state index contributed by atoms with van der Waals surface area (Å²) in [6.45, 7) is 0.240. The molecule has 0 fully saturated rings. The highest BCUT2D eigenvalue weighted by Gasteiger charge is 2.15. The molecule has 0 aliphatic heterocycles. The fourth-order valence-electron chi connectivity index (χ4n) is 1.86. The largest absolute Gasteiger partial charge is 0.481 e. The fourth-order valence-corrected chi connectivity index (χ4v) is 1.86. The van der Waals surface area contributed by atoms with E-state index in [9.17, 15) is 14.4 Å². The molecule has 0 spiro atoms. The molecule has 0 amide bonds. The molecule has 2 rings (SSSR count). The van der Waals surface area contributed by atoms with Crippen molar-refractivity contribution in [2.75, 3.05) is 18.5 Å². The van der Waals surface area contributed by atoms with Gasteiger partial charge < -0.3 is 15.0 Å². The summed E-state index contributed by atoms with van der Waals surface area (Å²) in [7, 11) is 4.56. The van der Waals surface area contributed by atoms with Crippen molar-refractivity contribution in [1.29, 1.82) is 0 Å². The predicted octanol–water partition coefficient (Wildman–Crippen LogP) is -1.13. The first-order valence-electron chi connectivity index (χ1n) is 5.91. The Balaban J connectivity index is 2.52. The molecule has 0 radical (unpaired) electrons. The van der Waals surface area contributed by atoms with E-state index in [1.54, 1.807) is 11.9 Å². The molecule has 9 heteroatoms. The lowest BCUT2D eigenvalue weighted by Crippen LogP contribution is -2.36. The number of fused-ring (bicyclic) bond motifs is 1.